The Morgan fingerprint density at radius 1 is 1.56 bits per heavy atom. The highest BCUT2D eigenvalue weighted by atomic mass is 16.2. The van der Waals surface area contributed by atoms with Gasteiger partial charge in [-0.05, 0) is 19.4 Å². The molecule has 100 valence electrons. The Labute approximate surface area is 108 Å². The van der Waals surface area contributed by atoms with Crippen LogP contribution in [0.4, 0.5) is 0 Å². The summed E-state index contributed by atoms with van der Waals surface area (Å²) in [6.07, 6.45) is 8.14. The number of hydrogen-bond donors (Lipinski definition) is 1. The smallest absolute Gasteiger partial charge is 0.239 e. The van der Waals surface area contributed by atoms with Crippen molar-refractivity contribution in [3.63, 3.8) is 0 Å². The average molecular weight is 250 g/mol. The standard InChI is InChI=1S/C13H22N4O/c1-16-9-8-15-12(16)10-17(2)13(18)11-6-4-3-5-7-14-11/h8-9,11,14H,3-7,10H2,1-2H3. The summed E-state index contributed by atoms with van der Waals surface area (Å²) in [5.74, 6) is 1.10. The van der Waals surface area contributed by atoms with Crippen molar-refractivity contribution in [1.82, 2.24) is 19.8 Å². The summed E-state index contributed by atoms with van der Waals surface area (Å²) < 4.78 is 1.95. The Bertz CT molecular complexity index is 393. The second-order valence-electron chi connectivity index (χ2n) is 5.00. The van der Waals surface area contributed by atoms with E-state index in [0.29, 0.717) is 6.54 Å². The molecule has 5 nitrogen and oxygen atoms in total. The van der Waals surface area contributed by atoms with Gasteiger partial charge in [-0.15, -0.1) is 0 Å². The number of rotatable bonds is 3. The first-order valence-electron chi connectivity index (χ1n) is 6.63. The van der Waals surface area contributed by atoms with Crippen LogP contribution in [0.3, 0.4) is 0 Å². The number of hydrogen-bond acceptors (Lipinski definition) is 3. The number of aromatic nitrogens is 2. The number of imidazole rings is 1. The molecular formula is C13H22N4O. The van der Waals surface area contributed by atoms with Crippen LogP contribution < -0.4 is 5.32 Å². The van der Waals surface area contributed by atoms with Gasteiger partial charge in [-0.25, -0.2) is 4.98 Å². The van der Waals surface area contributed by atoms with Crippen LogP contribution in [0.5, 0.6) is 0 Å². The van der Waals surface area contributed by atoms with Crippen LogP contribution >= 0.6 is 0 Å². The van der Waals surface area contributed by atoms with Crippen molar-refractivity contribution < 1.29 is 4.79 Å². The highest BCUT2D eigenvalue weighted by Crippen LogP contribution is 2.11. The van der Waals surface area contributed by atoms with Crippen molar-refractivity contribution in [2.24, 2.45) is 7.05 Å². The quantitative estimate of drug-likeness (QED) is 0.867. The fraction of sp³-hybridized carbons (Fsp3) is 0.692. The molecular weight excluding hydrogens is 228 g/mol. The van der Waals surface area contributed by atoms with Gasteiger partial charge in [0.25, 0.3) is 0 Å². The van der Waals surface area contributed by atoms with Crippen LogP contribution in [0.15, 0.2) is 12.4 Å². The minimum absolute atomic E-state index is 0.0160. The Hall–Kier alpha value is -1.36. The lowest BCUT2D eigenvalue weighted by molar-refractivity contribution is -0.132. The van der Waals surface area contributed by atoms with E-state index in [-0.39, 0.29) is 11.9 Å². The van der Waals surface area contributed by atoms with Gasteiger partial charge in [-0.2, -0.15) is 0 Å². The van der Waals surface area contributed by atoms with E-state index in [1.807, 2.05) is 24.9 Å². The van der Waals surface area contributed by atoms with E-state index >= 15 is 0 Å². The third kappa shape index (κ3) is 3.10. The van der Waals surface area contributed by atoms with Gasteiger partial charge in [0.15, 0.2) is 0 Å². The monoisotopic (exact) mass is 250 g/mol. The fourth-order valence-corrected chi connectivity index (χ4v) is 2.34. The molecule has 0 aromatic carbocycles. The fourth-order valence-electron chi connectivity index (χ4n) is 2.34. The molecule has 1 aromatic rings. The van der Waals surface area contributed by atoms with E-state index in [1.54, 1.807) is 11.1 Å². The zero-order chi connectivity index (χ0) is 13.0. The molecule has 1 aliphatic heterocycles. The SMILES string of the molecule is CN(Cc1nccn1C)C(=O)C1CCCCCN1. The molecule has 1 atom stereocenters. The molecule has 1 aromatic heterocycles. The normalized spacial score (nSPS) is 20.4. The summed E-state index contributed by atoms with van der Waals surface area (Å²) in [7, 11) is 3.80. The highest BCUT2D eigenvalue weighted by Gasteiger charge is 2.23. The largest absolute Gasteiger partial charge is 0.337 e. The third-order valence-corrected chi connectivity index (χ3v) is 3.53. The van der Waals surface area contributed by atoms with Crippen molar-refractivity contribution in [3.8, 4) is 0 Å². The van der Waals surface area contributed by atoms with E-state index in [9.17, 15) is 4.79 Å². The Morgan fingerprint density at radius 2 is 2.39 bits per heavy atom. The molecule has 1 fully saturated rings. The van der Waals surface area contributed by atoms with Crippen molar-refractivity contribution in [2.45, 2.75) is 38.3 Å². The summed E-state index contributed by atoms with van der Waals surface area (Å²) >= 11 is 0. The summed E-state index contributed by atoms with van der Waals surface area (Å²) in [4.78, 5) is 18.3. The molecule has 1 saturated heterocycles. The minimum atomic E-state index is -0.0160. The number of carbonyl (C=O) groups is 1. The van der Waals surface area contributed by atoms with Gasteiger partial charge in [0, 0.05) is 26.5 Å². The lowest BCUT2D eigenvalue weighted by Crippen LogP contribution is -2.44. The molecule has 0 spiro atoms. The summed E-state index contributed by atoms with van der Waals surface area (Å²) in [5, 5.41) is 3.34. The molecule has 2 heterocycles. The molecule has 1 amide bonds. The maximum atomic E-state index is 12.3. The summed E-state index contributed by atoms with van der Waals surface area (Å²) in [5.41, 5.74) is 0. The van der Waals surface area contributed by atoms with Gasteiger partial charge in [0.1, 0.15) is 5.82 Å². The van der Waals surface area contributed by atoms with E-state index in [1.165, 1.54) is 12.8 Å². The number of nitrogens with zero attached hydrogens (tertiary/aromatic N) is 3. The molecule has 0 radical (unpaired) electrons. The lowest BCUT2D eigenvalue weighted by Gasteiger charge is -2.23. The second kappa shape index (κ2) is 6.00. The molecule has 5 heteroatoms. The number of nitrogens with one attached hydrogen (secondary N) is 1. The van der Waals surface area contributed by atoms with E-state index in [0.717, 1.165) is 25.2 Å². The van der Waals surface area contributed by atoms with Crippen molar-refractivity contribution in [2.75, 3.05) is 13.6 Å². The van der Waals surface area contributed by atoms with Crippen LogP contribution in [0.1, 0.15) is 31.5 Å². The molecule has 2 rings (SSSR count). The van der Waals surface area contributed by atoms with Gasteiger partial charge >= 0.3 is 0 Å². The van der Waals surface area contributed by atoms with Crippen LogP contribution in [0.25, 0.3) is 0 Å². The van der Waals surface area contributed by atoms with Crippen LogP contribution in [0, 0.1) is 0 Å². The molecule has 0 saturated carbocycles. The van der Waals surface area contributed by atoms with Crippen molar-refractivity contribution >= 4 is 5.91 Å². The molecule has 18 heavy (non-hydrogen) atoms. The lowest BCUT2D eigenvalue weighted by atomic mass is 10.1. The summed E-state index contributed by atoms with van der Waals surface area (Å²) in [6.45, 7) is 1.52. The highest BCUT2D eigenvalue weighted by molar-refractivity contribution is 5.81. The third-order valence-electron chi connectivity index (χ3n) is 3.53. The molecule has 1 N–H and O–H groups in total. The maximum Gasteiger partial charge on any atom is 0.239 e. The molecule has 1 unspecified atom stereocenters. The predicted molar refractivity (Wildman–Crippen MR) is 69.9 cm³/mol. The van der Waals surface area contributed by atoms with Crippen molar-refractivity contribution in [3.05, 3.63) is 18.2 Å². The molecule has 1 aliphatic rings. The van der Waals surface area contributed by atoms with Crippen LogP contribution in [-0.2, 0) is 18.4 Å². The van der Waals surface area contributed by atoms with Gasteiger partial charge < -0.3 is 14.8 Å². The zero-order valence-electron chi connectivity index (χ0n) is 11.2. The first-order chi connectivity index (χ1) is 8.68. The second-order valence-corrected chi connectivity index (χ2v) is 5.00. The number of amides is 1. The van der Waals surface area contributed by atoms with E-state index in [4.69, 9.17) is 0 Å². The van der Waals surface area contributed by atoms with Gasteiger partial charge in [-0.3, -0.25) is 4.79 Å². The topological polar surface area (TPSA) is 50.2 Å². The van der Waals surface area contributed by atoms with Gasteiger partial charge in [-0.1, -0.05) is 12.8 Å². The maximum absolute atomic E-state index is 12.3. The van der Waals surface area contributed by atoms with E-state index < -0.39 is 0 Å². The predicted octanol–water partition coefficient (Wildman–Crippen LogP) is 0.911. The van der Waals surface area contributed by atoms with E-state index in [2.05, 4.69) is 10.3 Å². The van der Waals surface area contributed by atoms with Crippen LogP contribution in [0.2, 0.25) is 0 Å². The molecule has 0 bridgehead atoms. The molecule has 0 aliphatic carbocycles. The van der Waals surface area contributed by atoms with Crippen LogP contribution in [-0.4, -0.2) is 40.0 Å². The number of likely N-dealkylation sites (N-methyl/N-ethyl adjacent to an activating group) is 1. The number of aryl methyl sites for hydroxylation is 1. The zero-order valence-corrected chi connectivity index (χ0v) is 11.2. The Morgan fingerprint density at radius 3 is 3.11 bits per heavy atom. The Balaban J connectivity index is 1.93. The first kappa shape index (κ1) is 13.1. The van der Waals surface area contributed by atoms with Gasteiger partial charge in [0.05, 0.1) is 12.6 Å². The number of carbonyl (C=O) groups excluding carboxylic acids is 1. The van der Waals surface area contributed by atoms with Gasteiger partial charge in [0.2, 0.25) is 5.91 Å². The first-order valence-corrected chi connectivity index (χ1v) is 6.63. The summed E-state index contributed by atoms with van der Waals surface area (Å²) in [6, 6.07) is -0.0160. The Kier molecular flexibility index (Phi) is 4.36. The van der Waals surface area contributed by atoms with Crippen molar-refractivity contribution in [1.29, 1.82) is 0 Å². The minimum Gasteiger partial charge on any atom is -0.337 e. The average Bonchev–Trinajstić information content (AvgIpc) is 2.63.